The fourth-order valence-corrected chi connectivity index (χ4v) is 3.20. The highest BCUT2D eigenvalue weighted by Crippen LogP contribution is 2.37. The van der Waals surface area contributed by atoms with Gasteiger partial charge in [0.05, 0.1) is 7.11 Å². The SMILES string of the molecule is COc1ccc(C(C)(O)c2ccc(Br)cc2Cl)c(C)c1. The zero-order valence-corrected chi connectivity index (χ0v) is 13.9. The zero-order valence-electron chi connectivity index (χ0n) is 11.6. The van der Waals surface area contributed by atoms with Gasteiger partial charge in [0.2, 0.25) is 0 Å². The highest BCUT2D eigenvalue weighted by atomic mass is 79.9. The Morgan fingerprint density at radius 3 is 2.35 bits per heavy atom. The molecule has 0 saturated heterocycles. The van der Waals surface area contributed by atoms with E-state index in [0.717, 1.165) is 21.3 Å². The van der Waals surface area contributed by atoms with Gasteiger partial charge in [0.25, 0.3) is 0 Å². The summed E-state index contributed by atoms with van der Waals surface area (Å²) in [5, 5.41) is 11.5. The van der Waals surface area contributed by atoms with Crippen LogP contribution in [-0.2, 0) is 5.60 Å². The number of halogens is 2. The average Bonchev–Trinajstić information content (AvgIpc) is 2.37. The van der Waals surface area contributed by atoms with E-state index < -0.39 is 5.60 Å². The van der Waals surface area contributed by atoms with Crippen LogP contribution in [0.3, 0.4) is 0 Å². The van der Waals surface area contributed by atoms with Crippen molar-refractivity contribution >= 4 is 27.5 Å². The molecule has 0 aliphatic heterocycles. The summed E-state index contributed by atoms with van der Waals surface area (Å²) in [4.78, 5) is 0. The molecule has 0 bridgehead atoms. The largest absolute Gasteiger partial charge is 0.497 e. The molecule has 0 amide bonds. The summed E-state index contributed by atoms with van der Waals surface area (Å²) in [7, 11) is 1.62. The Morgan fingerprint density at radius 1 is 1.15 bits per heavy atom. The number of rotatable bonds is 3. The fourth-order valence-electron chi connectivity index (χ4n) is 2.34. The molecule has 1 atom stereocenters. The second-order valence-electron chi connectivity index (χ2n) is 4.88. The van der Waals surface area contributed by atoms with Gasteiger partial charge in [-0.2, -0.15) is 0 Å². The van der Waals surface area contributed by atoms with Crippen LogP contribution in [-0.4, -0.2) is 12.2 Å². The van der Waals surface area contributed by atoms with Crippen molar-refractivity contribution in [2.24, 2.45) is 0 Å². The molecule has 2 aromatic rings. The molecule has 0 aliphatic rings. The van der Waals surface area contributed by atoms with E-state index in [-0.39, 0.29) is 0 Å². The van der Waals surface area contributed by atoms with Crippen molar-refractivity contribution in [3.63, 3.8) is 0 Å². The Morgan fingerprint density at radius 2 is 1.80 bits per heavy atom. The van der Waals surface area contributed by atoms with E-state index >= 15 is 0 Å². The number of benzene rings is 2. The van der Waals surface area contributed by atoms with Gasteiger partial charge in [-0.15, -0.1) is 0 Å². The molecule has 0 fully saturated rings. The number of hydrogen-bond acceptors (Lipinski definition) is 2. The molecule has 0 heterocycles. The lowest BCUT2D eigenvalue weighted by molar-refractivity contribution is 0.102. The monoisotopic (exact) mass is 354 g/mol. The Labute approximate surface area is 132 Å². The summed E-state index contributed by atoms with van der Waals surface area (Å²) >= 11 is 9.63. The first-order valence-electron chi connectivity index (χ1n) is 6.19. The third-order valence-electron chi connectivity index (χ3n) is 3.41. The molecule has 0 aromatic heterocycles. The third-order valence-corrected chi connectivity index (χ3v) is 4.22. The highest BCUT2D eigenvalue weighted by molar-refractivity contribution is 9.10. The zero-order chi connectivity index (χ0) is 14.9. The first kappa shape index (κ1) is 15.4. The van der Waals surface area contributed by atoms with Gasteiger partial charge >= 0.3 is 0 Å². The summed E-state index contributed by atoms with van der Waals surface area (Å²) in [6.45, 7) is 3.69. The highest BCUT2D eigenvalue weighted by Gasteiger charge is 2.29. The minimum Gasteiger partial charge on any atom is -0.497 e. The normalized spacial score (nSPS) is 13.9. The third kappa shape index (κ3) is 2.85. The van der Waals surface area contributed by atoms with Crippen LogP contribution in [0.4, 0.5) is 0 Å². The minimum absolute atomic E-state index is 0.527. The van der Waals surface area contributed by atoms with Gasteiger partial charge in [0.15, 0.2) is 0 Å². The van der Waals surface area contributed by atoms with Crippen molar-refractivity contribution in [1.29, 1.82) is 0 Å². The van der Waals surface area contributed by atoms with Crippen LogP contribution in [0.2, 0.25) is 5.02 Å². The molecular weight excluding hydrogens is 340 g/mol. The molecule has 20 heavy (non-hydrogen) atoms. The fraction of sp³-hybridized carbons (Fsp3) is 0.250. The van der Waals surface area contributed by atoms with Crippen LogP contribution in [0.1, 0.15) is 23.6 Å². The van der Waals surface area contributed by atoms with Crippen molar-refractivity contribution in [2.75, 3.05) is 7.11 Å². The van der Waals surface area contributed by atoms with E-state index in [0.29, 0.717) is 10.6 Å². The maximum atomic E-state index is 10.9. The first-order chi connectivity index (χ1) is 9.36. The van der Waals surface area contributed by atoms with Crippen molar-refractivity contribution in [3.05, 3.63) is 62.6 Å². The molecular formula is C16H16BrClO2. The second kappa shape index (κ2) is 5.76. The standard InChI is InChI=1S/C16H16BrClO2/c1-10-8-12(20-3)5-7-13(10)16(2,19)14-6-4-11(17)9-15(14)18/h4-9,19H,1-3H3. The lowest BCUT2D eigenvalue weighted by atomic mass is 9.85. The molecule has 1 unspecified atom stereocenters. The maximum Gasteiger partial charge on any atom is 0.119 e. The first-order valence-corrected chi connectivity index (χ1v) is 7.36. The van der Waals surface area contributed by atoms with E-state index in [1.807, 2.05) is 37.3 Å². The molecule has 0 saturated carbocycles. The Bertz CT molecular complexity index is 638. The van der Waals surface area contributed by atoms with E-state index in [1.54, 1.807) is 20.1 Å². The van der Waals surface area contributed by atoms with Gasteiger partial charge in [-0.3, -0.25) is 0 Å². The topological polar surface area (TPSA) is 29.5 Å². The lowest BCUT2D eigenvalue weighted by Gasteiger charge is -2.27. The molecule has 1 N–H and O–H groups in total. The van der Waals surface area contributed by atoms with E-state index in [9.17, 15) is 5.11 Å². The van der Waals surface area contributed by atoms with Gasteiger partial charge in [0, 0.05) is 15.1 Å². The van der Waals surface area contributed by atoms with Gasteiger partial charge in [-0.25, -0.2) is 0 Å². The van der Waals surface area contributed by atoms with Crippen LogP contribution in [0, 0.1) is 6.92 Å². The van der Waals surface area contributed by atoms with E-state index in [2.05, 4.69) is 15.9 Å². The number of ether oxygens (including phenoxy) is 1. The summed E-state index contributed by atoms with van der Waals surface area (Å²) in [5.74, 6) is 0.768. The average molecular weight is 356 g/mol. The Balaban J connectivity index is 2.54. The summed E-state index contributed by atoms with van der Waals surface area (Å²) in [6.07, 6.45) is 0. The molecule has 2 aromatic carbocycles. The van der Waals surface area contributed by atoms with Crippen LogP contribution in [0.15, 0.2) is 40.9 Å². The quantitative estimate of drug-likeness (QED) is 0.866. The molecule has 0 spiro atoms. The molecule has 0 aliphatic carbocycles. The molecule has 2 nitrogen and oxygen atoms in total. The van der Waals surface area contributed by atoms with E-state index in [4.69, 9.17) is 16.3 Å². The van der Waals surface area contributed by atoms with Gasteiger partial charge in [-0.05, 0) is 49.2 Å². The minimum atomic E-state index is -1.16. The Kier molecular flexibility index (Phi) is 4.43. The van der Waals surface area contributed by atoms with Gasteiger partial charge < -0.3 is 9.84 Å². The molecule has 2 rings (SSSR count). The van der Waals surface area contributed by atoms with Crippen molar-refractivity contribution in [2.45, 2.75) is 19.4 Å². The lowest BCUT2D eigenvalue weighted by Crippen LogP contribution is -2.24. The smallest absolute Gasteiger partial charge is 0.119 e. The second-order valence-corrected chi connectivity index (χ2v) is 6.20. The summed E-state index contributed by atoms with van der Waals surface area (Å²) in [6, 6.07) is 11.1. The van der Waals surface area contributed by atoms with Crippen LogP contribution in [0.25, 0.3) is 0 Å². The Hall–Kier alpha value is -1.03. The predicted molar refractivity (Wildman–Crippen MR) is 85.6 cm³/mol. The molecule has 106 valence electrons. The van der Waals surface area contributed by atoms with Crippen LogP contribution in [0.5, 0.6) is 5.75 Å². The number of aliphatic hydroxyl groups is 1. The van der Waals surface area contributed by atoms with E-state index in [1.165, 1.54) is 0 Å². The number of methoxy groups -OCH3 is 1. The van der Waals surface area contributed by atoms with Crippen LogP contribution >= 0.6 is 27.5 Å². The number of aryl methyl sites for hydroxylation is 1. The van der Waals surface area contributed by atoms with Crippen molar-refractivity contribution in [1.82, 2.24) is 0 Å². The van der Waals surface area contributed by atoms with Crippen molar-refractivity contribution < 1.29 is 9.84 Å². The predicted octanol–water partition coefficient (Wildman–Crippen LogP) is 4.68. The van der Waals surface area contributed by atoms with Gasteiger partial charge in [0.1, 0.15) is 11.4 Å². The maximum absolute atomic E-state index is 10.9. The van der Waals surface area contributed by atoms with Crippen LogP contribution < -0.4 is 4.74 Å². The molecule has 4 heteroatoms. The summed E-state index contributed by atoms with van der Waals surface area (Å²) in [5.41, 5.74) is 1.28. The summed E-state index contributed by atoms with van der Waals surface area (Å²) < 4.78 is 6.08. The van der Waals surface area contributed by atoms with Crippen molar-refractivity contribution in [3.8, 4) is 5.75 Å². The molecule has 0 radical (unpaired) electrons. The number of hydrogen-bond donors (Lipinski definition) is 1. The van der Waals surface area contributed by atoms with Gasteiger partial charge in [-0.1, -0.05) is 39.7 Å².